The van der Waals surface area contributed by atoms with Gasteiger partial charge in [0.15, 0.2) is 0 Å². The first kappa shape index (κ1) is 29.0. The number of fused-ring (bicyclic) bond motifs is 10. The standard InChI is InChI=1S/C52H32/c1-2-16-33(17-3-1)49-40-22-8-12-26-44(40)51(45-27-13-9-23-41(45)49)52-46-28-14-10-24-42(46)50(43-25-11-15-29-47(43)52)34-30-31-39-37-20-5-4-18-35(37)36-19-6-7-21-38(36)48(39)32-34/h1-32H. The van der Waals surface area contributed by atoms with E-state index >= 15 is 0 Å². The van der Waals surface area contributed by atoms with Crippen LogP contribution in [0.4, 0.5) is 0 Å². The highest BCUT2D eigenvalue weighted by Crippen LogP contribution is 2.50. The molecule has 0 heterocycles. The van der Waals surface area contributed by atoms with Gasteiger partial charge in [0, 0.05) is 0 Å². The number of rotatable bonds is 3. The van der Waals surface area contributed by atoms with Crippen molar-refractivity contribution in [1.29, 1.82) is 0 Å². The van der Waals surface area contributed by atoms with Crippen LogP contribution in [0, 0.1) is 0 Å². The summed E-state index contributed by atoms with van der Waals surface area (Å²) in [5.41, 5.74) is 7.63. The smallest absolute Gasteiger partial charge is 0.00139 e. The van der Waals surface area contributed by atoms with E-state index in [0.29, 0.717) is 0 Å². The maximum atomic E-state index is 2.44. The summed E-state index contributed by atoms with van der Waals surface area (Å²) < 4.78 is 0. The van der Waals surface area contributed by atoms with Crippen molar-refractivity contribution in [3.05, 3.63) is 194 Å². The van der Waals surface area contributed by atoms with Gasteiger partial charge in [-0.05, 0) is 115 Å². The lowest BCUT2D eigenvalue weighted by molar-refractivity contribution is 1.67. The summed E-state index contributed by atoms with van der Waals surface area (Å²) >= 11 is 0. The van der Waals surface area contributed by atoms with Crippen molar-refractivity contribution in [2.45, 2.75) is 0 Å². The third-order valence-electron chi connectivity index (χ3n) is 11.2. The molecule has 0 saturated carbocycles. The van der Waals surface area contributed by atoms with Gasteiger partial charge in [-0.15, -0.1) is 0 Å². The predicted molar refractivity (Wildman–Crippen MR) is 225 cm³/mol. The van der Waals surface area contributed by atoms with Gasteiger partial charge < -0.3 is 0 Å². The van der Waals surface area contributed by atoms with Crippen molar-refractivity contribution < 1.29 is 0 Å². The highest BCUT2D eigenvalue weighted by molar-refractivity contribution is 6.31. The molecule has 0 aliphatic carbocycles. The third-order valence-corrected chi connectivity index (χ3v) is 11.2. The van der Waals surface area contributed by atoms with Crippen LogP contribution in [0.2, 0.25) is 0 Å². The Morgan fingerprint density at radius 3 is 0.808 bits per heavy atom. The summed E-state index contributed by atoms with van der Waals surface area (Å²) in [6.45, 7) is 0. The molecule has 0 bridgehead atoms. The fourth-order valence-electron chi connectivity index (χ4n) is 9.09. The van der Waals surface area contributed by atoms with Crippen molar-refractivity contribution in [2.24, 2.45) is 0 Å². The van der Waals surface area contributed by atoms with E-state index in [4.69, 9.17) is 0 Å². The van der Waals surface area contributed by atoms with Crippen molar-refractivity contribution in [1.82, 2.24) is 0 Å². The van der Waals surface area contributed by atoms with Gasteiger partial charge >= 0.3 is 0 Å². The first-order chi connectivity index (χ1) is 25.8. The minimum absolute atomic E-state index is 1.24. The fraction of sp³-hybridized carbons (Fsp3) is 0. The second-order valence-electron chi connectivity index (χ2n) is 13.9. The number of hydrogen-bond donors (Lipinski definition) is 0. The maximum Gasteiger partial charge on any atom is -0.00139 e. The largest absolute Gasteiger partial charge is 0.0622 e. The van der Waals surface area contributed by atoms with Crippen LogP contribution in [-0.4, -0.2) is 0 Å². The van der Waals surface area contributed by atoms with Crippen molar-refractivity contribution >= 4 is 75.4 Å². The first-order valence-electron chi connectivity index (χ1n) is 18.1. The van der Waals surface area contributed by atoms with E-state index in [2.05, 4.69) is 194 Å². The second kappa shape index (κ2) is 11.4. The summed E-state index contributed by atoms with van der Waals surface area (Å²) in [5, 5.41) is 17.9. The van der Waals surface area contributed by atoms with Gasteiger partial charge in [0.2, 0.25) is 0 Å². The topological polar surface area (TPSA) is 0 Å². The van der Waals surface area contributed by atoms with Gasteiger partial charge in [-0.2, -0.15) is 0 Å². The molecule has 0 atom stereocenters. The monoisotopic (exact) mass is 656 g/mol. The molecule has 0 unspecified atom stereocenters. The molecule has 0 nitrogen and oxygen atoms in total. The van der Waals surface area contributed by atoms with Gasteiger partial charge in [0.1, 0.15) is 0 Å². The molecule has 0 saturated heterocycles. The Morgan fingerprint density at radius 2 is 0.423 bits per heavy atom. The molecule has 240 valence electrons. The van der Waals surface area contributed by atoms with Crippen LogP contribution in [0.5, 0.6) is 0 Å². The van der Waals surface area contributed by atoms with Crippen molar-refractivity contribution in [3.8, 4) is 33.4 Å². The Bertz CT molecular complexity index is 3070. The van der Waals surface area contributed by atoms with Gasteiger partial charge in [0.25, 0.3) is 0 Å². The first-order valence-corrected chi connectivity index (χ1v) is 18.1. The van der Waals surface area contributed by atoms with Crippen LogP contribution < -0.4 is 0 Å². The molecule has 52 heavy (non-hydrogen) atoms. The summed E-state index contributed by atoms with van der Waals surface area (Å²) in [6.07, 6.45) is 0. The minimum Gasteiger partial charge on any atom is -0.0622 e. The van der Waals surface area contributed by atoms with E-state index in [1.807, 2.05) is 0 Å². The molecule has 0 radical (unpaired) electrons. The molecular weight excluding hydrogens is 625 g/mol. The van der Waals surface area contributed by atoms with E-state index in [-0.39, 0.29) is 0 Å². The van der Waals surface area contributed by atoms with E-state index < -0.39 is 0 Å². The SMILES string of the molecule is c1ccc(-c2c3ccccc3c(-c3c4ccccc4c(-c4ccc5c6ccccc6c6ccccc6c5c4)c4ccccc34)c3ccccc23)cc1. The average molecular weight is 657 g/mol. The van der Waals surface area contributed by atoms with E-state index in [9.17, 15) is 0 Å². The average Bonchev–Trinajstić information content (AvgIpc) is 3.22. The summed E-state index contributed by atoms with van der Waals surface area (Å²) in [4.78, 5) is 0. The Labute approximate surface area is 301 Å². The minimum atomic E-state index is 1.24. The van der Waals surface area contributed by atoms with E-state index in [0.717, 1.165) is 0 Å². The van der Waals surface area contributed by atoms with Crippen molar-refractivity contribution in [2.75, 3.05) is 0 Å². The Hall–Kier alpha value is -6.76. The molecule has 0 heteroatoms. The molecule has 0 amide bonds. The molecule has 0 fully saturated rings. The van der Waals surface area contributed by atoms with Crippen LogP contribution >= 0.6 is 0 Å². The van der Waals surface area contributed by atoms with Gasteiger partial charge in [0.05, 0.1) is 0 Å². The van der Waals surface area contributed by atoms with Gasteiger partial charge in [-0.3, -0.25) is 0 Å². The molecule has 11 rings (SSSR count). The van der Waals surface area contributed by atoms with E-state index in [1.165, 1.54) is 109 Å². The molecule has 0 aromatic heterocycles. The van der Waals surface area contributed by atoms with Crippen molar-refractivity contribution in [3.63, 3.8) is 0 Å². The summed E-state index contributed by atoms with van der Waals surface area (Å²) in [5.74, 6) is 0. The fourth-order valence-corrected chi connectivity index (χ4v) is 9.09. The molecule has 0 N–H and O–H groups in total. The van der Waals surface area contributed by atoms with E-state index in [1.54, 1.807) is 0 Å². The number of hydrogen-bond acceptors (Lipinski definition) is 0. The lowest BCUT2D eigenvalue weighted by Crippen LogP contribution is -1.94. The lowest BCUT2D eigenvalue weighted by Gasteiger charge is -2.22. The van der Waals surface area contributed by atoms with Crippen LogP contribution in [0.25, 0.3) is 109 Å². The zero-order valence-corrected chi connectivity index (χ0v) is 28.5. The highest BCUT2D eigenvalue weighted by Gasteiger charge is 2.22. The Kier molecular flexibility index (Phi) is 6.35. The Balaban J connectivity index is 1.28. The zero-order chi connectivity index (χ0) is 34.2. The normalized spacial score (nSPS) is 11.8. The van der Waals surface area contributed by atoms with Crippen LogP contribution in [0.3, 0.4) is 0 Å². The molecule has 11 aromatic rings. The zero-order valence-electron chi connectivity index (χ0n) is 28.5. The Morgan fingerprint density at radius 1 is 0.154 bits per heavy atom. The molecule has 0 aliphatic heterocycles. The van der Waals surface area contributed by atoms with Crippen LogP contribution in [-0.2, 0) is 0 Å². The molecule has 0 aliphatic rings. The predicted octanol–water partition coefficient (Wildman–Crippen LogP) is 14.8. The van der Waals surface area contributed by atoms with Crippen LogP contribution in [0.15, 0.2) is 194 Å². The lowest BCUT2D eigenvalue weighted by atomic mass is 9.81. The molecule has 0 spiro atoms. The molecule has 11 aromatic carbocycles. The highest BCUT2D eigenvalue weighted by atomic mass is 14.2. The van der Waals surface area contributed by atoms with Gasteiger partial charge in [-0.25, -0.2) is 0 Å². The molecular formula is C52H32. The number of benzene rings is 11. The quantitative estimate of drug-likeness (QED) is 0.131. The van der Waals surface area contributed by atoms with Crippen LogP contribution in [0.1, 0.15) is 0 Å². The summed E-state index contributed by atoms with van der Waals surface area (Å²) in [7, 11) is 0. The maximum absolute atomic E-state index is 2.44. The second-order valence-corrected chi connectivity index (χ2v) is 13.9. The third kappa shape index (κ3) is 4.16. The van der Waals surface area contributed by atoms with Gasteiger partial charge in [-0.1, -0.05) is 188 Å². The summed E-state index contributed by atoms with van der Waals surface area (Å²) in [6, 6.07) is 71.8.